The van der Waals surface area contributed by atoms with E-state index < -0.39 is 5.91 Å². The number of nitrogens with two attached hydrogens (primary N) is 1. The van der Waals surface area contributed by atoms with Gasteiger partial charge in [0.05, 0.1) is 0 Å². The van der Waals surface area contributed by atoms with E-state index in [1.165, 1.54) is 12.4 Å². The lowest BCUT2D eigenvalue weighted by atomic mass is 10.4. The zero-order valence-corrected chi connectivity index (χ0v) is 8.56. The summed E-state index contributed by atoms with van der Waals surface area (Å²) in [6.07, 6.45) is 2.85. The average Bonchev–Trinajstić information content (AvgIpc) is 2.25. The van der Waals surface area contributed by atoms with E-state index >= 15 is 0 Å². The molecule has 0 atom stereocenters. The van der Waals surface area contributed by atoms with Gasteiger partial charge in [0, 0.05) is 18.9 Å². The van der Waals surface area contributed by atoms with E-state index in [-0.39, 0.29) is 11.6 Å². The number of carbonyl (C=O) groups is 1. The van der Waals surface area contributed by atoms with Crippen molar-refractivity contribution in [2.24, 2.45) is 5.73 Å². The molecule has 1 heterocycles. The molecule has 0 radical (unpaired) electrons. The molecule has 6 nitrogen and oxygen atoms in total. The third-order valence-corrected chi connectivity index (χ3v) is 1.67. The molecular formula is C9H14N4O2. The Balaban J connectivity index is 2.56. The van der Waals surface area contributed by atoms with Gasteiger partial charge in [-0.25, -0.2) is 9.97 Å². The van der Waals surface area contributed by atoms with Gasteiger partial charge in [-0.2, -0.15) is 0 Å². The topological polar surface area (TPSA) is 90.1 Å². The molecule has 0 fully saturated rings. The highest BCUT2D eigenvalue weighted by Crippen LogP contribution is 2.09. The fourth-order valence-electron chi connectivity index (χ4n) is 0.997. The van der Waals surface area contributed by atoms with E-state index in [1.54, 1.807) is 0 Å². The van der Waals surface area contributed by atoms with Gasteiger partial charge < -0.3 is 15.8 Å². The Hall–Kier alpha value is -1.69. The third-order valence-electron chi connectivity index (χ3n) is 1.67. The van der Waals surface area contributed by atoms with E-state index in [4.69, 9.17) is 10.5 Å². The molecule has 0 unspecified atom stereocenters. The minimum atomic E-state index is -0.637. The van der Waals surface area contributed by atoms with Crippen LogP contribution in [0.4, 0.5) is 0 Å². The quantitative estimate of drug-likeness (QED) is 0.621. The molecule has 0 spiro atoms. The normalized spacial score (nSPS) is 9.93. The minimum absolute atomic E-state index is 0.0639. The number of nitrogens with one attached hydrogen (secondary N) is 1. The molecule has 3 N–H and O–H groups in total. The summed E-state index contributed by atoms with van der Waals surface area (Å²) in [4.78, 5) is 18.6. The molecule has 1 aromatic heterocycles. The molecule has 0 saturated heterocycles. The highest BCUT2D eigenvalue weighted by atomic mass is 16.5. The van der Waals surface area contributed by atoms with Crippen molar-refractivity contribution in [1.82, 2.24) is 15.3 Å². The lowest BCUT2D eigenvalue weighted by molar-refractivity contribution is 0.0990. The van der Waals surface area contributed by atoms with Crippen molar-refractivity contribution in [3.8, 4) is 5.88 Å². The molecule has 82 valence electrons. The highest BCUT2D eigenvalue weighted by Gasteiger charge is 2.11. The van der Waals surface area contributed by atoms with Crippen LogP contribution in [0.15, 0.2) is 12.4 Å². The summed E-state index contributed by atoms with van der Waals surface area (Å²) in [7, 11) is 0. The van der Waals surface area contributed by atoms with Crippen LogP contribution < -0.4 is 15.8 Å². The maximum Gasteiger partial charge on any atom is 0.272 e. The van der Waals surface area contributed by atoms with Crippen molar-refractivity contribution in [3.05, 3.63) is 18.1 Å². The van der Waals surface area contributed by atoms with Crippen LogP contribution in [0, 0.1) is 0 Å². The van der Waals surface area contributed by atoms with Crippen LogP contribution in [0.25, 0.3) is 0 Å². The number of primary amides is 1. The fraction of sp³-hybridized carbons (Fsp3) is 0.444. The smallest absolute Gasteiger partial charge is 0.272 e. The Morgan fingerprint density at radius 1 is 1.53 bits per heavy atom. The van der Waals surface area contributed by atoms with Gasteiger partial charge >= 0.3 is 0 Å². The van der Waals surface area contributed by atoms with Crippen molar-refractivity contribution in [1.29, 1.82) is 0 Å². The Bertz CT molecular complexity index is 330. The van der Waals surface area contributed by atoms with E-state index in [2.05, 4.69) is 15.3 Å². The molecule has 15 heavy (non-hydrogen) atoms. The van der Waals surface area contributed by atoms with Crippen LogP contribution in [0.5, 0.6) is 5.88 Å². The maximum atomic E-state index is 10.9. The number of amides is 1. The van der Waals surface area contributed by atoms with Crippen LogP contribution in [0.2, 0.25) is 0 Å². The van der Waals surface area contributed by atoms with Gasteiger partial charge in [-0.3, -0.25) is 4.79 Å². The van der Waals surface area contributed by atoms with Gasteiger partial charge in [-0.15, -0.1) is 0 Å². The maximum absolute atomic E-state index is 10.9. The van der Waals surface area contributed by atoms with E-state index in [0.717, 1.165) is 6.54 Å². The van der Waals surface area contributed by atoms with Gasteiger partial charge in [0.1, 0.15) is 6.61 Å². The predicted molar refractivity (Wildman–Crippen MR) is 54.6 cm³/mol. The van der Waals surface area contributed by atoms with Gasteiger partial charge in [-0.1, -0.05) is 6.92 Å². The summed E-state index contributed by atoms with van der Waals surface area (Å²) in [5, 5.41) is 3.08. The first-order valence-electron chi connectivity index (χ1n) is 4.70. The summed E-state index contributed by atoms with van der Waals surface area (Å²) in [5.41, 5.74) is 5.17. The monoisotopic (exact) mass is 210 g/mol. The second-order valence-corrected chi connectivity index (χ2v) is 2.78. The van der Waals surface area contributed by atoms with Crippen molar-refractivity contribution < 1.29 is 9.53 Å². The lowest BCUT2D eigenvalue weighted by Crippen LogP contribution is -2.22. The number of nitrogens with zero attached hydrogens (tertiary/aromatic N) is 2. The number of hydrogen-bond donors (Lipinski definition) is 2. The second kappa shape index (κ2) is 5.92. The number of hydrogen-bond acceptors (Lipinski definition) is 5. The molecule has 1 aromatic rings. The second-order valence-electron chi connectivity index (χ2n) is 2.78. The molecule has 0 saturated carbocycles. The molecule has 0 aliphatic rings. The standard InChI is InChI=1S/C9H14N4O2/c1-2-11-5-6-15-9-7(8(10)14)12-3-4-13-9/h3-4,11H,2,5-6H2,1H3,(H2,10,14). The first kappa shape index (κ1) is 11.4. The zero-order chi connectivity index (χ0) is 11.1. The largest absolute Gasteiger partial charge is 0.475 e. The third kappa shape index (κ3) is 3.51. The van der Waals surface area contributed by atoms with Crippen LogP contribution >= 0.6 is 0 Å². The zero-order valence-electron chi connectivity index (χ0n) is 8.56. The van der Waals surface area contributed by atoms with E-state index in [9.17, 15) is 4.79 Å². The van der Waals surface area contributed by atoms with Crippen molar-refractivity contribution >= 4 is 5.91 Å². The van der Waals surface area contributed by atoms with Gasteiger partial charge in [0.25, 0.3) is 5.91 Å². The van der Waals surface area contributed by atoms with Crippen LogP contribution in [0.1, 0.15) is 17.4 Å². The number of aromatic nitrogens is 2. The predicted octanol–water partition coefficient (Wildman–Crippen LogP) is -0.436. The van der Waals surface area contributed by atoms with Gasteiger partial charge in [-0.05, 0) is 6.54 Å². The Labute approximate surface area is 87.9 Å². The Kier molecular flexibility index (Phi) is 4.49. The first-order chi connectivity index (χ1) is 7.25. The Morgan fingerprint density at radius 2 is 2.27 bits per heavy atom. The van der Waals surface area contributed by atoms with Gasteiger partial charge in [0.2, 0.25) is 5.88 Å². The van der Waals surface area contributed by atoms with Crippen LogP contribution in [0.3, 0.4) is 0 Å². The number of carbonyl (C=O) groups excluding carboxylic acids is 1. The van der Waals surface area contributed by atoms with E-state index in [0.29, 0.717) is 13.2 Å². The summed E-state index contributed by atoms with van der Waals surface area (Å²) in [6, 6.07) is 0. The van der Waals surface area contributed by atoms with Crippen molar-refractivity contribution in [2.75, 3.05) is 19.7 Å². The van der Waals surface area contributed by atoms with Crippen molar-refractivity contribution in [2.45, 2.75) is 6.92 Å². The SMILES string of the molecule is CCNCCOc1nccnc1C(N)=O. The molecule has 1 rings (SSSR count). The Morgan fingerprint density at radius 3 is 2.93 bits per heavy atom. The molecule has 0 aliphatic carbocycles. The molecule has 6 heteroatoms. The first-order valence-corrected chi connectivity index (χ1v) is 4.70. The lowest BCUT2D eigenvalue weighted by Gasteiger charge is -2.06. The number of likely N-dealkylation sites (N-methyl/N-ethyl adjacent to an activating group) is 1. The summed E-state index contributed by atoms with van der Waals surface area (Å²) < 4.78 is 5.26. The van der Waals surface area contributed by atoms with Crippen molar-refractivity contribution in [3.63, 3.8) is 0 Å². The molecule has 0 aliphatic heterocycles. The highest BCUT2D eigenvalue weighted by molar-refractivity contribution is 5.92. The fourth-order valence-corrected chi connectivity index (χ4v) is 0.997. The summed E-state index contributed by atoms with van der Waals surface area (Å²) in [5.74, 6) is -0.454. The molecule has 0 aromatic carbocycles. The van der Waals surface area contributed by atoms with Crippen LogP contribution in [-0.4, -0.2) is 35.6 Å². The number of ether oxygens (including phenoxy) is 1. The molecule has 1 amide bonds. The minimum Gasteiger partial charge on any atom is -0.475 e. The van der Waals surface area contributed by atoms with E-state index in [1.807, 2.05) is 6.92 Å². The summed E-state index contributed by atoms with van der Waals surface area (Å²) >= 11 is 0. The number of rotatable bonds is 6. The molecule has 0 bridgehead atoms. The molecular weight excluding hydrogens is 196 g/mol. The average molecular weight is 210 g/mol. The van der Waals surface area contributed by atoms with Crippen LogP contribution in [-0.2, 0) is 0 Å². The summed E-state index contributed by atoms with van der Waals surface area (Å²) in [6.45, 7) is 3.97. The van der Waals surface area contributed by atoms with Gasteiger partial charge in [0.15, 0.2) is 5.69 Å².